The van der Waals surface area contributed by atoms with Gasteiger partial charge < -0.3 is 4.57 Å². The van der Waals surface area contributed by atoms with Crippen LogP contribution >= 0.6 is 0 Å². The summed E-state index contributed by atoms with van der Waals surface area (Å²) in [5.41, 5.74) is 10.9. The molecule has 0 aliphatic heterocycles. The molecule has 2 heteroatoms. The Kier molecular flexibility index (Phi) is 6.23. The molecule has 0 bridgehead atoms. The van der Waals surface area contributed by atoms with Crippen LogP contribution in [0.4, 0.5) is 5.69 Å². The van der Waals surface area contributed by atoms with Crippen LogP contribution < -0.4 is 0 Å². The van der Waals surface area contributed by atoms with E-state index in [2.05, 4.69) is 167 Å². The predicted molar refractivity (Wildman–Crippen MR) is 198 cm³/mol. The van der Waals surface area contributed by atoms with Crippen LogP contribution in [0.15, 0.2) is 170 Å². The maximum Gasteiger partial charge on any atom is 0.188 e. The molecule has 0 N–H and O–H groups in total. The van der Waals surface area contributed by atoms with Crippen molar-refractivity contribution < 1.29 is 0 Å². The molecule has 2 nitrogen and oxygen atoms in total. The number of hydrogen-bond acceptors (Lipinski definition) is 0. The summed E-state index contributed by atoms with van der Waals surface area (Å²) < 4.78 is 2.34. The van der Waals surface area contributed by atoms with Gasteiger partial charge in [-0.05, 0) is 97.4 Å². The van der Waals surface area contributed by atoms with Gasteiger partial charge in [0.1, 0.15) is 0 Å². The minimum atomic E-state index is 0.629. The van der Waals surface area contributed by atoms with Crippen LogP contribution in [0.3, 0.4) is 0 Å². The lowest BCUT2D eigenvalue weighted by molar-refractivity contribution is 1.18. The van der Waals surface area contributed by atoms with Gasteiger partial charge in [-0.1, -0.05) is 127 Å². The topological polar surface area (TPSA) is 9.29 Å². The van der Waals surface area contributed by atoms with Crippen molar-refractivity contribution in [3.63, 3.8) is 0 Å². The number of hydrogen-bond donors (Lipinski definition) is 0. The van der Waals surface area contributed by atoms with Gasteiger partial charge in [-0.15, -0.1) is 0 Å². The molecule has 0 aliphatic carbocycles. The molecule has 0 saturated heterocycles. The van der Waals surface area contributed by atoms with Crippen molar-refractivity contribution in [2.24, 2.45) is 0 Å². The Morgan fingerprint density at radius 3 is 1.34 bits per heavy atom. The Labute approximate surface area is 273 Å². The van der Waals surface area contributed by atoms with Crippen molar-refractivity contribution in [3.8, 4) is 39.1 Å². The zero-order valence-corrected chi connectivity index (χ0v) is 25.6. The molecule has 0 spiro atoms. The standard InChI is InChI=1S/C45H28N2/c1-46-34-28-32(30-23-25-35(26-24-30)47-42-21-11-9-15-36(42)37-16-10-12-22-43(37)47)27-33(29-34)45-40-19-7-5-17-38(40)44(31-13-3-2-4-14-31)39-18-6-8-20-41(39)45/h2-29H. The number of aromatic nitrogens is 1. The quantitative estimate of drug-likeness (QED) is 0.141. The van der Waals surface area contributed by atoms with Crippen molar-refractivity contribution in [2.75, 3.05) is 0 Å². The molecule has 0 fully saturated rings. The number of benzene rings is 8. The third-order valence-corrected chi connectivity index (χ3v) is 9.37. The lowest BCUT2D eigenvalue weighted by atomic mass is 9.85. The fourth-order valence-corrected chi connectivity index (χ4v) is 7.35. The summed E-state index contributed by atoms with van der Waals surface area (Å²) in [5, 5.41) is 7.27. The molecule has 0 radical (unpaired) electrons. The monoisotopic (exact) mass is 596 g/mol. The third-order valence-electron chi connectivity index (χ3n) is 9.37. The number of fused-ring (bicyclic) bond motifs is 5. The van der Waals surface area contributed by atoms with E-state index in [9.17, 15) is 0 Å². The molecule has 0 saturated carbocycles. The molecular formula is C45H28N2. The first-order chi connectivity index (χ1) is 23.3. The maximum atomic E-state index is 8.04. The van der Waals surface area contributed by atoms with Crippen LogP contribution in [0.2, 0.25) is 0 Å². The molecule has 47 heavy (non-hydrogen) atoms. The Bertz CT molecular complexity index is 2560. The predicted octanol–water partition coefficient (Wildman–Crippen LogP) is 12.6. The lowest BCUT2D eigenvalue weighted by Crippen LogP contribution is -1.93. The lowest BCUT2D eigenvalue weighted by Gasteiger charge is -2.18. The summed E-state index contributed by atoms with van der Waals surface area (Å²) in [5.74, 6) is 0. The third kappa shape index (κ3) is 4.33. The average molecular weight is 597 g/mol. The van der Waals surface area contributed by atoms with Crippen LogP contribution in [0.5, 0.6) is 0 Å². The summed E-state index contributed by atoms with van der Waals surface area (Å²) in [6.07, 6.45) is 0. The Hall–Kier alpha value is -6.43. The van der Waals surface area contributed by atoms with Gasteiger partial charge in [-0.2, -0.15) is 0 Å². The van der Waals surface area contributed by atoms with Crippen molar-refractivity contribution in [1.82, 2.24) is 4.57 Å². The highest BCUT2D eigenvalue weighted by Gasteiger charge is 2.18. The maximum absolute atomic E-state index is 8.04. The van der Waals surface area contributed by atoms with E-state index in [0.29, 0.717) is 5.69 Å². The summed E-state index contributed by atoms with van der Waals surface area (Å²) in [7, 11) is 0. The summed E-state index contributed by atoms with van der Waals surface area (Å²) in [4.78, 5) is 3.94. The fraction of sp³-hybridized carbons (Fsp3) is 0. The Balaban J connectivity index is 1.23. The molecule has 9 aromatic rings. The van der Waals surface area contributed by atoms with Crippen molar-refractivity contribution in [1.29, 1.82) is 0 Å². The summed E-state index contributed by atoms with van der Waals surface area (Å²) in [6, 6.07) is 60.2. The molecule has 218 valence electrons. The van der Waals surface area contributed by atoms with E-state index >= 15 is 0 Å². The van der Waals surface area contributed by atoms with Crippen LogP contribution in [0.1, 0.15) is 0 Å². The zero-order valence-electron chi connectivity index (χ0n) is 25.6. The van der Waals surface area contributed by atoms with Gasteiger partial charge in [-0.3, -0.25) is 0 Å². The second-order valence-corrected chi connectivity index (χ2v) is 12.0. The highest BCUT2D eigenvalue weighted by molar-refractivity contribution is 6.21. The van der Waals surface area contributed by atoms with Crippen LogP contribution in [0, 0.1) is 6.57 Å². The molecule has 1 heterocycles. The van der Waals surface area contributed by atoms with Gasteiger partial charge in [0.15, 0.2) is 5.69 Å². The average Bonchev–Trinajstić information content (AvgIpc) is 3.48. The van der Waals surface area contributed by atoms with E-state index in [1.807, 2.05) is 12.1 Å². The molecule has 9 rings (SSSR count). The van der Waals surface area contributed by atoms with E-state index in [1.54, 1.807) is 0 Å². The van der Waals surface area contributed by atoms with Gasteiger partial charge in [0.25, 0.3) is 0 Å². The second-order valence-electron chi connectivity index (χ2n) is 12.0. The first-order valence-corrected chi connectivity index (χ1v) is 15.9. The molecule has 0 amide bonds. The minimum Gasteiger partial charge on any atom is -0.309 e. The first-order valence-electron chi connectivity index (χ1n) is 15.9. The first kappa shape index (κ1) is 26.9. The number of nitrogens with zero attached hydrogens (tertiary/aromatic N) is 2. The highest BCUT2D eigenvalue weighted by atomic mass is 15.0. The van der Waals surface area contributed by atoms with Gasteiger partial charge in [0.2, 0.25) is 0 Å². The fourth-order valence-electron chi connectivity index (χ4n) is 7.35. The molecule has 1 aromatic heterocycles. The normalized spacial score (nSPS) is 11.4. The van der Waals surface area contributed by atoms with Crippen molar-refractivity contribution in [3.05, 3.63) is 181 Å². The van der Waals surface area contributed by atoms with Crippen LogP contribution in [-0.2, 0) is 0 Å². The minimum absolute atomic E-state index is 0.629. The van der Waals surface area contributed by atoms with Crippen LogP contribution in [-0.4, -0.2) is 4.57 Å². The Morgan fingerprint density at radius 2 is 0.809 bits per heavy atom. The van der Waals surface area contributed by atoms with Gasteiger partial charge >= 0.3 is 0 Å². The van der Waals surface area contributed by atoms with Gasteiger partial charge in [-0.25, -0.2) is 4.85 Å². The molecule has 0 atom stereocenters. The second kappa shape index (κ2) is 10.9. The highest BCUT2D eigenvalue weighted by Crippen LogP contribution is 2.45. The smallest absolute Gasteiger partial charge is 0.188 e. The zero-order chi connectivity index (χ0) is 31.3. The van der Waals surface area contributed by atoms with E-state index in [1.165, 1.54) is 54.5 Å². The van der Waals surface area contributed by atoms with E-state index in [4.69, 9.17) is 6.57 Å². The Morgan fingerprint density at radius 1 is 0.362 bits per heavy atom. The van der Waals surface area contributed by atoms with E-state index in [-0.39, 0.29) is 0 Å². The van der Waals surface area contributed by atoms with Crippen molar-refractivity contribution >= 4 is 49.0 Å². The summed E-state index contributed by atoms with van der Waals surface area (Å²) >= 11 is 0. The van der Waals surface area contributed by atoms with E-state index < -0.39 is 0 Å². The van der Waals surface area contributed by atoms with Crippen molar-refractivity contribution in [2.45, 2.75) is 0 Å². The van der Waals surface area contributed by atoms with Crippen LogP contribution in [0.25, 0.3) is 87.3 Å². The number of rotatable bonds is 4. The summed E-state index contributed by atoms with van der Waals surface area (Å²) in [6.45, 7) is 8.04. The molecule has 8 aromatic carbocycles. The molecule has 0 unspecified atom stereocenters. The molecular weight excluding hydrogens is 569 g/mol. The number of para-hydroxylation sites is 2. The van der Waals surface area contributed by atoms with E-state index in [0.717, 1.165) is 27.9 Å². The van der Waals surface area contributed by atoms with Gasteiger partial charge in [0.05, 0.1) is 17.6 Å². The molecule has 0 aliphatic rings. The SMILES string of the molecule is [C-]#[N+]c1cc(-c2ccc(-n3c4ccccc4c4ccccc43)cc2)cc(-c2c3ccccc3c(-c3ccccc3)c3ccccc23)c1. The largest absolute Gasteiger partial charge is 0.309 e. The van der Waals surface area contributed by atoms with Gasteiger partial charge in [0, 0.05) is 16.5 Å².